The van der Waals surface area contributed by atoms with Gasteiger partial charge in [0.15, 0.2) is 0 Å². The molecule has 2 aromatic carbocycles. The fraction of sp³-hybridized carbons (Fsp3) is 0.167. The third-order valence-corrected chi connectivity index (χ3v) is 4.01. The van der Waals surface area contributed by atoms with Crippen LogP contribution in [0.2, 0.25) is 0 Å². The number of hydrogen-bond donors (Lipinski definition) is 2. The van der Waals surface area contributed by atoms with Gasteiger partial charge < -0.3 is 10.6 Å². The standard InChI is InChI=1S/C18H19FN4O/c1-13-17(12-23(22(13)2)16-6-4-3-5-7-16)21-18(24)20-15-10-8-14(19)9-11-15/h3-11H,12H2,1-2H3,(H2,20,21,24). The number of rotatable bonds is 3. The molecule has 0 bridgehead atoms. The van der Waals surface area contributed by atoms with Gasteiger partial charge in [0, 0.05) is 12.7 Å². The van der Waals surface area contributed by atoms with E-state index in [1.165, 1.54) is 24.3 Å². The molecule has 2 amide bonds. The molecular weight excluding hydrogens is 307 g/mol. The van der Waals surface area contributed by atoms with Gasteiger partial charge in [0.05, 0.1) is 23.6 Å². The predicted octanol–water partition coefficient (Wildman–Crippen LogP) is 3.55. The molecule has 0 unspecified atom stereocenters. The summed E-state index contributed by atoms with van der Waals surface area (Å²) in [6, 6.07) is 15.3. The van der Waals surface area contributed by atoms with Crippen LogP contribution in [0.25, 0.3) is 0 Å². The second kappa shape index (κ2) is 6.62. The minimum atomic E-state index is -0.348. The molecule has 24 heavy (non-hydrogen) atoms. The van der Waals surface area contributed by atoms with Crippen molar-refractivity contribution in [1.82, 2.24) is 10.3 Å². The second-order valence-electron chi connectivity index (χ2n) is 5.57. The summed E-state index contributed by atoms with van der Waals surface area (Å²) in [5.41, 5.74) is 3.38. The van der Waals surface area contributed by atoms with E-state index in [9.17, 15) is 9.18 Å². The van der Waals surface area contributed by atoms with Crippen molar-refractivity contribution in [3.8, 4) is 0 Å². The van der Waals surface area contributed by atoms with E-state index in [0.717, 1.165) is 17.1 Å². The lowest BCUT2D eigenvalue weighted by Crippen LogP contribution is -2.35. The van der Waals surface area contributed by atoms with E-state index in [2.05, 4.69) is 15.6 Å². The molecule has 1 aliphatic rings. The van der Waals surface area contributed by atoms with Crippen molar-refractivity contribution in [1.29, 1.82) is 0 Å². The average molecular weight is 326 g/mol. The van der Waals surface area contributed by atoms with Crippen molar-refractivity contribution in [3.63, 3.8) is 0 Å². The van der Waals surface area contributed by atoms with Gasteiger partial charge in [-0.05, 0) is 43.3 Å². The van der Waals surface area contributed by atoms with Crippen LogP contribution < -0.4 is 15.6 Å². The Hall–Kier alpha value is -3.02. The smallest absolute Gasteiger partial charge is 0.308 e. The second-order valence-corrected chi connectivity index (χ2v) is 5.57. The number of nitrogens with one attached hydrogen (secondary N) is 2. The van der Waals surface area contributed by atoms with Gasteiger partial charge in [0.25, 0.3) is 0 Å². The number of benzene rings is 2. The molecule has 0 fully saturated rings. The maximum Gasteiger partial charge on any atom is 0.323 e. The van der Waals surface area contributed by atoms with Crippen molar-refractivity contribution in [2.45, 2.75) is 6.92 Å². The summed E-state index contributed by atoms with van der Waals surface area (Å²) in [5.74, 6) is -0.338. The fourth-order valence-electron chi connectivity index (χ4n) is 2.57. The Morgan fingerprint density at radius 1 is 1.04 bits per heavy atom. The number of nitrogens with zero attached hydrogens (tertiary/aromatic N) is 2. The van der Waals surface area contributed by atoms with E-state index < -0.39 is 0 Å². The minimum absolute atomic E-state index is 0.338. The number of urea groups is 1. The maximum atomic E-state index is 12.9. The first-order chi connectivity index (χ1) is 11.5. The molecular formula is C18H19FN4O. The first-order valence-corrected chi connectivity index (χ1v) is 7.64. The Kier molecular flexibility index (Phi) is 4.37. The molecule has 1 heterocycles. The third-order valence-electron chi connectivity index (χ3n) is 4.01. The van der Waals surface area contributed by atoms with Crippen molar-refractivity contribution < 1.29 is 9.18 Å². The molecule has 5 nitrogen and oxygen atoms in total. The topological polar surface area (TPSA) is 47.6 Å². The van der Waals surface area contributed by atoms with Crippen LogP contribution in [-0.2, 0) is 0 Å². The van der Waals surface area contributed by atoms with Gasteiger partial charge in [-0.25, -0.2) is 9.18 Å². The zero-order chi connectivity index (χ0) is 17.1. The van der Waals surface area contributed by atoms with Gasteiger partial charge in [-0.2, -0.15) is 0 Å². The number of allylic oxidation sites excluding steroid dienone is 1. The number of halogens is 1. The van der Waals surface area contributed by atoms with E-state index in [0.29, 0.717) is 12.2 Å². The van der Waals surface area contributed by atoms with Gasteiger partial charge in [-0.3, -0.25) is 10.0 Å². The Balaban J connectivity index is 1.66. The average Bonchev–Trinajstić information content (AvgIpc) is 2.86. The van der Waals surface area contributed by atoms with E-state index in [-0.39, 0.29) is 11.8 Å². The van der Waals surface area contributed by atoms with Crippen molar-refractivity contribution in [2.75, 3.05) is 23.9 Å². The van der Waals surface area contributed by atoms with Gasteiger partial charge in [0.1, 0.15) is 5.82 Å². The molecule has 2 aromatic rings. The van der Waals surface area contributed by atoms with Gasteiger partial charge in [-0.1, -0.05) is 18.2 Å². The Morgan fingerprint density at radius 2 is 1.71 bits per heavy atom. The van der Waals surface area contributed by atoms with E-state index in [1.807, 2.05) is 49.3 Å². The molecule has 0 aliphatic carbocycles. The minimum Gasteiger partial charge on any atom is -0.308 e. The molecule has 3 rings (SSSR count). The zero-order valence-corrected chi connectivity index (χ0v) is 13.6. The number of hydrazine groups is 1. The summed E-state index contributed by atoms with van der Waals surface area (Å²) in [6.45, 7) is 2.53. The molecule has 6 heteroatoms. The highest BCUT2D eigenvalue weighted by Crippen LogP contribution is 2.25. The molecule has 0 radical (unpaired) electrons. The Labute approximate surface area is 140 Å². The molecule has 124 valence electrons. The van der Waals surface area contributed by atoms with Crippen LogP contribution in [0, 0.1) is 5.82 Å². The normalized spacial score (nSPS) is 14.1. The zero-order valence-electron chi connectivity index (χ0n) is 13.6. The lowest BCUT2D eigenvalue weighted by Gasteiger charge is -2.29. The predicted molar refractivity (Wildman–Crippen MR) is 92.8 cm³/mol. The maximum absolute atomic E-state index is 12.9. The van der Waals surface area contributed by atoms with Crippen molar-refractivity contribution in [2.24, 2.45) is 0 Å². The molecule has 1 aliphatic heterocycles. The molecule has 0 atom stereocenters. The summed E-state index contributed by atoms with van der Waals surface area (Å²) >= 11 is 0. The number of carbonyl (C=O) groups is 1. The van der Waals surface area contributed by atoms with Gasteiger partial charge in [0.2, 0.25) is 0 Å². The van der Waals surface area contributed by atoms with Crippen LogP contribution in [0.3, 0.4) is 0 Å². The number of hydrogen-bond acceptors (Lipinski definition) is 3. The number of carbonyl (C=O) groups excluding carboxylic acids is 1. The highest BCUT2D eigenvalue weighted by atomic mass is 19.1. The van der Waals surface area contributed by atoms with Crippen molar-refractivity contribution >= 4 is 17.4 Å². The van der Waals surface area contributed by atoms with Crippen LogP contribution >= 0.6 is 0 Å². The first kappa shape index (κ1) is 15.9. The van der Waals surface area contributed by atoms with Crippen LogP contribution in [0.5, 0.6) is 0 Å². The third kappa shape index (κ3) is 3.32. The fourth-order valence-corrected chi connectivity index (χ4v) is 2.57. The van der Waals surface area contributed by atoms with Crippen LogP contribution in [-0.4, -0.2) is 24.6 Å². The highest BCUT2D eigenvalue weighted by Gasteiger charge is 2.25. The van der Waals surface area contributed by atoms with E-state index in [4.69, 9.17) is 0 Å². The van der Waals surface area contributed by atoms with E-state index in [1.54, 1.807) is 0 Å². The SMILES string of the molecule is CC1=C(NC(=O)Nc2ccc(F)cc2)CN(c2ccccc2)N1C. The van der Waals surface area contributed by atoms with Crippen LogP contribution in [0.4, 0.5) is 20.6 Å². The number of anilines is 2. The van der Waals surface area contributed by atoms with Gasteiger partial charge in [-0.15, -0.1) is 0 Å². The number of amides is 2. The van der Waals surface area contributed by atoms with E-state index >= 15 is 0 Å². The molecule has 0 saturated carbocycles. The summed E-state index contributed by atoms with van der Waals surface area (Å²) < 4.78 is 12.9. The quantitative estimate of drug-likeness (QED) is 0.907. The summed E-state index contributed by atoms with van der Waals surface area (Å²) in [5, 5.41) is 9.65. The first-order valence-electron chi connectivity index (χ1n) is 7.64. The molecule has 0 saturated heterocycles. The Morgan fingerprint density at radius 3 is 2.38 bits per heavy atom. The lowest BCUT2D eigenvalue weighted by molar-refractivity contribution is 0.254. The molecule has 2 N–H and O–H groups in total. The number of para-hydroxylation sites is 1. The largest absolute Gasteiger partial charge is 0.323 e. The molecule has 0 aromatic heterocycles. The monoisotopic (exact) mass is 326 g/mol. The molecule has 0 spiro atoms. The highest BCUT2D eigenvalue weighted by molar-refractivity contribution is 5.90. The Bertz CT molecular complexity index is 758. The summed E-state index contributed by atoms with van der Waals surface area (Å²) in [4.78, 5) is 12.2. The van der Waals surface area contributed by atoms with Crippen LogP contribution in [0.1, 0.15) is 6.92 Å². The summed E-state index contributed by atoms with van der Waals surface area (Å²) in [7, 11) is 1.95. The van der Waals surface area contributed by atoms with Gasteiger partial charge >= 0.3 is 6.03 Å². The summed E-state index contributed by atoms with van der Waals surface area (Å²) in [6.07, 6.45) is 0. The van der Waals surface area contributed by atoms with Crippen LogP contribution in [0.15, 0.2) is 66.0 Å². The lowest BCUT2D eigenvalue weighted by atomic mass is 10.3. The van der Waals surface area contributed by atoms with Crippen molar-refractivity contribution in [3.05, 3.63) is 71.8 Å².